The van der Waals surface area contributed by atoms with Gasteiger partial charge in [0.05, 0.1) is 23.2 Å². The van der Waals surface area contributed by atoms with Gasteiger partial charge in [-0.25, -0.2) is 4.98 Å². The van der Waals surface area contributed by atoms with Crippen molar-refractivity contribution in [2.45, 2.75) is 50.7 Å². The standard InChI is InChI=1S/C16H21N3O/c1-16(7-2-8-20-16)10-19-14-6-5-12(17)9-13(14)18-15(19)11-3-4-11/h5-6,9,11H,2-4,7-8,10,17H2,1H3. The number of anilines is 1. The number of nitrogen functional groups attached to an aromatic ring is 1. The van der Waals surface area contributed by atoms with Crippen LogP contribution in [0.1, 0.15) is 44.3 Å². The molecular formula is C16H21N3O. The Morgan fingerprint density at radius 3 is 3.00 bits per heavy atom. The Bertz CT molecular complexity index is 651. The third-order valence-corrected chi connectivity index (χ3v) is 4.54. The Labute approximate surface area is 118 Å². The minimum atomic E-state index is -0.0430. The SMILES string of the molecule is CC1(Cn2c(C3CC3)nc3cc(N)ccc32)CCCO1. The molecular weight excluding hydrogens is 250 g/mol. The summed E-state index contributed by atoms with van der Waals surface area (Å²) in [6.07, 6.45) is 4.81. The zero-order valence-electron chi connectivity index (χ0n) is 11.9. The van der Waals surface area contributed by atoms with Crippen molar-refractivity contribution < 1.29 is 4.74 Å². The number of fused-ring (bicyclic) bond motifs is 1. The van der Waals surface area contributed by atoms with E-state index in [1.165, 1.54) is 24.2 Å². The van der Waals surface area contributed by atoms with Gasteiger partial charge in [-0.1, -0.05) is 0 Å². The highest BCUT2D eigenvalue weighted by Gasteiger charge is 2.35. The number of hydrogen-bond acceptors (Lipinski definition) is 3. The topological polar surface area (TPSA) is 53.1 Å². The fourth-order valence-corrected chi connectivity index (χ4v) is 3.28. The van der Waals surface area contributed by atoms with E-state index in [1.54, 1.807) is 0 Å². The van der Waals surface area contributed by atoms with Crippen molar-refractivity contribution in [3.05, 3.63) is 24.0 Å². The van der Waals surface area contributed by atoms with Crippen molar-refractivity contribution in [1.29, 1.82) is 0 Å². The zero-order chi connectivity index (χ0) is 13.7. The van der Waals surface area contributed by atoms with E-state index in [4.69, 9.17) is 15.5 Å². The van der Waals surface area contributed by atoms with Crippen LogP contribution in [-0.2, 0) is 11.3 Å². The highest BCUT2D eigenvalue weighted by molar-refractivity contribution is 5.80. The van der Waals surface area contributed by atoms with Crippen LogP contribution in [0.4, 0.5) is 5.69 Å². The van der Waals surface area contributed by atoms with Gasteiger partial charge in [0.25, 0.3) is 0 Å². The summed E-state index contributed by atoms with van der Waals surface area (Å²) >= 11 is 0. The van der Waals surface area contributed by atoms with Crippen LogP contribution in [0.5, 0.6) is 0 Å². The summed E-state index contributed by atoms with van der Waals surface area (Å²) in [5.41, 5.74) is 8.85. The molecule has 0 amide bonds. The molecule has 0 spiro atoms. The summed E-state index contributed by atoms with van der Waals surface area (Å²) in [5, 5.41) is 0. The van der Waals surface area contributed by atoms with Gasteiger partial charge < -0.3 is 15.0 Å². The van der Waals surface area contributed by atoms with Crippen LogP contribution in [0.3, 0.4) is 0 Å². The third-order valence-electron chi connectivity index (χ3n) is 4.54. The highest BCUT2D eigenvalue weighted by atomic mass is 16.5. The van der Waals surface area contributed by atoms with Gasteiger partial charge in [-0.15, -0.1) is 0 Å². The van der Waals surface area contributed by atoms with E-state index >= 15 is 0 Å². The summed E-state index contributed by atoms with van der Waals surface area (Å²) < 4.78 is 8.34. The van der Waals surface area contributed by atoms with Gasteiger partial charge >= 0.3 is 0 Å². The first kappa shape index (κ1) is 12.2. The van der Waals surface area contributed by atoms with E-state index < -0.39 is 0 Å². The lowest BCUT2D eigenvalue weighted by molar-refractivity contribution is 0.00649. The van der Waals surface area contributed by atoms with E-state index in [-0.39, 0.29) is 5.60 Å². The average molecular weight is 271 g/mol. The van der Waals surface area contributed by atoms with Crippen LogP contribution >= 0.6 is 0 Å². The van der Waals surface area contributed by atoms with Crippen molar-refractivity contribution in [2.24, 2.45) is 0 Å². The average Bonchev–Trinajstić information content (AvgIpc) is 3.09. The minimum Gasteiger partial charge on any atom is -0.399 e. The number of nitrogens with two attached hydrogens (primary N) is 1. The Morgan fingerprint density at radius 2 is 2.30 bits per heavy atom. The van der Waals surface area contributed by atoms with Crippen molar-refractivity contribution in [1.82, 2.24) is 9.55 Å². The van der Waals surface area contributed by atoms with Crippen LogP contribution in [0.25, 0.3) is 11.0 Å². The third kappa shape index (κ3) is 1.99. The first-order chi connectivity index (χ1) is 9.65. The molecule has 106 valence electrons. The number of ether oxygens (including phenoxy) is 1. The maximum atomic E-state index is 5.97. The molecule has 2 aliphatic rings. The molecule has 4 heteroatoms. The summed E-state index contributed by atoms with van der Waals surface area (Å²) in [6.45, 7) is 4.01. The van der Waals surface area contributed by atoms with Crippen molar-refractivity contribution >= 4 is 16.7 Å². The van der Waals surface area contributed by atoms with E-state index in [0.717, 1.165) is 37.2 Å². The lowest BCUT2D eigenvalue weighted by Crippen LogP contribution is -2.30. The molecule has 1 saturated heterocycles. The molecule has 1 aromatic heterocycles. The van der Waals surface area contributed by atoms with Gasteiger partial charge in [0.1, 0.15) is 5.82 Å². The van der Waals surface area contributed by atoms with Gasteiger partial charge in [-0.05, 0) is 50.8 Å². The quantitative estimate of drug-likeness (QED) is 0.873. The zero-order valence-corrected chi connectivity index (χ0v) is 11.9. The Morgan fingerprint density at radius 1 is 1.45 bits per heavy atom. The molecule has 4 nitrogen and oxygen atoms in total. The fraction of sp³-hybridized carbons (Fsp3) is 0.562. The van der Waals surface area contributed by atoms with E-state index in [9.17, 15) is 0 Å². The number of hydrogen-bond donors (Lipinski definition) is 1. The maximum absolute atomic E-state index is 5.97. The maximum Gasteiger partial charge on any atom is 0.113 e. The second kappa shape index (κ2) is 4.22. The normalized spacial score (nSPS) is 26.4. The highest BCUT2D eigenvalue weighted by Crippen LogP contribution is 2.42. The first-order valence-corrected chi connectivity index (χ1v) is 7.54. The van der Waals surface area contributed by atoms with Gasteiger partial charge in [-0.2, -0.15) is 0 Å². The largest absolute Gasteiger partial charge is 0.399 e. The summed E-state index contributed by atoms with van der Waals surface area (Å²) in [5.74, 6) is 1.86. The van der Waals surface area contributed by atoms with Gasteiger partial charge in [0.15, 0.2) is 0 Å². The molecule has 0 bridgehead atoms. The molecule has 1 aliphatic heterocycles. The molecule has 1 aromatic carbocycles. The van der Waals surface area contributed by atoms with E-state index in [2.05, 4.69) is 17.6 Å². The molecule has 2 N–H and O–H groups in total. The molecule has 4 rings (SSSR count). The molecule has 20 heavy (non-hydrogen) atoms. The van der Waals surface area contributed by atoms with Crippen molar-refractivity contribution in [2.75, 3.05) is 12.3 Å². The molecule has 1 aliphatic carbocycles. The van der Waals surface area contributed by atoms with Gasteiger partial charge in [-0.3, -0.25) is 0 Å². The second-order valence-corrected chi connectivity index (χ2v) is 6.48. The number of rotatable bonds is 3. The second-order valence-electron chi connectivity index (χ2n) is 6.48. The van der Waals surface area contributed by atoms with E-state index in [0.29, 0.717) is 5.92 Å². The number of imidazole rings is 1. The molecule has 1 saturated carbocycles. The monoisotopic (exact) mass is 271 g/mol. The number of aromatic nitrogens is 2. The van der Waals surface area contributed by atoms with E-state index in [1.807, 2.05) is 12.1 Å². The van der Waals surface area contributed by atoms with Crippen LogP contribution in [0.2, 0.25) is 0 Å². The fourth-order valence-electron chi connectivity index (χ4n) is 3.28. The molecule has 0 radical (unpaired) electrons. The van der Waals surface area contributed by atoms with Crippen LogP contribution in [0.15, 0.2) is 18.2 Å². The van der Waals surface area contributed by atoms with Crippen molar-refractivity contribution in [3.63, 3.8) is 0 Å². The van der Waals surface area contributed by atoms with Crippen molar-refractivity contribution in [3.8, 4) is 0 Å². The van der Waals surface area contributed by atoms with Gasteiger partial charge in [0, 0.05) is 18.2 Å². The minimum absolute atomic E-state index is 0.0430. The Kier molecular flexibility index (Phi) is 2.58. The lowest BCUT2D eigenvalue weighted by atomic mass is 10.0. The smallest absolute Gasteiger partial charge is 0.113 e. The first-order valence-electron chi connectivity index (χ1n) is 7.54. The number of nitrogens with zero attached hydrogens (tertiary/aromatic N) is 2. The molecule has 1 unspecified atom stereocenters. The molecule has 2 aromatic rings. The lowest BCUT2D eigenvalue weighted by Gasteiger charge is -2.25. The van der Waals surface area contributed by atoms with Crippen LogP contribution in [-0.4, -0.2) is 21.8 Å². The predicted molar refractivity (Wildman–Crippen MR) is 79.7 cm³/mol. The summed E-state index contributed by atoms with van der Waals surface area (Å²) in [7, 11) is 0. The molecule has 2 fully saturated rings. The van der Waals surface area contributed by atoms with Crippen LogP contribution in [0, 0.1) is 0 Å². The Hall–Kier alpha value is -1.55. The summed E-state index contributed by atoms with van der Waals surface area (Å²) in [4.78, 5) is 4.84. The molecule has 1 atom stereocenters. The predicted octanol–water partition coefficient (Wildman–Crippen LogP) is 3.07. The Balaban J connectivity index is 1.81. The molecule has 2 heterocycles. The van der Waals surface area contributed by atoms with Crippen LogP contribution < -0.4 is 5.73 Å². The number of benzene rings is 1. The summed E-state index contributed by atoms with van der Waals surface area (Å²) in [6, 6.07) is 6.05. The van der Waals surface area contributed by atoms with Gasteiger partial charge in [0.2, 0.25) is 0 Å².